The first-order valence-electron chi connectivity index (χ1n) is 7.31. The Morgan fingerprint density at radius 2 is 1.76 bits per heavy atom. The van der Waals surface area contributed by atoms with E-state index in [9.17, 15) is 0 Å². The highest BCUT2D eigenvalue weighted by atomic mass is 32.1. The quantitative estimate of drug-likeness (QED) is 0.695. The molecule has 1 aromatic heterocycles. The van der Waals surface area contributed by atoms with Gasteiger partial charge in [0.15, 0.2) is 0 Å². The third-order valence-electron chi connectivity index (χ3n) is 3.84. The molecule has 0 saturated carbocycles. The second-order valence-corrected chi connectivity index (χ2v) is 6.64. The summed E-state index contributed by atoms with van der Waals surface area (Å²) in [5, 5.41) is 1.23. The zero-order chi connectivity index (χ0) is 14.7. The van der Waals surface area contributed by atoms with Gasteiger partial charge < -0.3 is 0 Å². The zero-order valence-corrected chi connectivity index (χ0v) is 13.3. The molecule has 0 radical (unpaired) electrons. The molecule has 0 bridgehead atoms. The Morgan fingerprint density at radius 1 is 1.05 bits per heavy atom. The van der Waals surface area contributed by atoms with Crippen molar-refractivity contribution in [1.82, 2.24) is 9.88 Å². The summed E-state index contributed by atoms with van der Waals surface area (Å²) in [6.45, 7) is 3.25. The van der Waals surface area contributed by atoms with Crippen LogP contribution in [0.3, 0.4) is 0 Å². The van der Waals surface area contributed by atoms with Gasteiger partial charge in [0.2, 0.25) is 0 Å². The SMILES string of the molecule is CC(Cc1nc2ccccc2s1)N(C)Cc1ccccc1. The zero-order valence-electron chi connectivity index (χ0n) is 12.5. The van der Waals surface area contributed by atoms with Crippen LogP contribution in [0.4, 0.5) is 0 Å². The van der Waals surface area contributed by atoms with E-state index in [0.717, 1.165) is 18.5 Å². The van der Waals surface area contributed by atoms with Crippen molar-refractivity contribution in [2.24, 2.45) is 0 Å². The smallest absolute Gasteiger partial charge is 0.0954 e. The Balaban J connectivity index is 1.66. The van der Waals surface area contributed by atoms with E-state index in [1.54, 1.807) is 0 Å². The summed E-state index contributed by atoms with van der Waals surface area (Å²) in [6.07, 6.45) is 1.00. The van der Waals surface area contributed by atoms with E-state index in [1.807, 2.05) is 11.3 Å². The third kappa shape index (κ3) is 3.49. The molecular weight excluding hydrogens is 276 g/mol. The standard InChI is InChI=1S/C18H20N2S/c1-14(20(2)13-15-8-4-3-5-9-15)12-18-19-16-10-6-7-11-17(16)21-18/h3-11,14H,12-13H2,1-2H3. The first-order valence-corrected chi connectivity index (χ1v) is 8.12. The lowest BCUT2D eigenvalue weighted by Crippen LogP contribution is -2.30. The van der Waals surface area contributed by atoms with Crippen molar-refractivity contribution in [3.63, 3.8) is 0 Å². The van der Waals surface area contributed by atoms with Gasteiger partial charge in [-0.1, -0.05) is 42.5 Å². The molecule has 3 heteroatoms. The molecule has 1 heterocycles. The molecule has 0 fully saturated rings. The highest BCUT2D eigenvalue weighted by molar-refractivity contribution is 7.18. The van der Waals surface area contributed by atoms with Gasteiger partial charge in [-0.05, 0) is 31.7 Å². The largest absolute Gasteiger partial charge is 0.299 e. The monoisotopic (exact) mass is 296 g/mol. The predicted molar refractivity (Wildman–Crippen MR) is 90.7 cm³/mol. The van der Waals surface area contributed by atoms with Gasteiger partial charge in [0.25, 0.3) is 0 Å². The number of hydrogen-bond donors (Lipinski definition) is 0. The molecule has 2 aromatic carbocycles. The van der Waals surface area contributed by atoms with Crippen LogP contribution in [0.5, 0.6) is 0 Å². The fraction of sp³-hybridized carbons (Fsp3) is 0.278. The predicted octanol–water partition coefficient (Wildman–Crippen LogP) is 4.36. The molecule has 0 aliphatic heterocycles. The highest BCUT2D eigenvalue weighted by Gasteiger charge is 2.13. The normalized spacial score (nSPS) is 12.9. The average Bonchev–Trinajstić information content (AvgIpc) is 2.90. The Hall–Kier alpha value is -1.71. The summed E-state index contributed by atoms with van der Waals surface area (Å²) < 4.78 is 1.28. The van der Waals surface area contributed by atoms with Crippen LogP contribution < -0.4 is 0 Å². The first kappa shape index (κ1) is 14.2. The van der Waals surface area contributed by atoms with Crippen LogP contribution in [-0.4, -0.2) is 23.0 Å². The van der Waals surface area contributed by atoms with E-state index in [4.69, 9.17) is 4.98 Å². The van der Waals surface area contributed by atoms with Crippen molar-refractivity contribution < 1.29 is 0 Å². The van der Waals surface area contributed by atoms with Gasteiger partial charge in [-0.15, -0.1) is 11.3 Å². The topological polar surface area (TPSA) is 16.1 Å². The van der Waals surface area contributed by atoms with Crippen LogP contribution in [-0.2, 0) is 13.0 Å². The van der Waals surface area contributed by atoms with Crippen LogP contribution in [0.25, 0.3) is 10.2 Å². The van der Waals surface area contributed by atoms with Crippen molar-refractivity contribution >= 4 is 21.6 Å². The highest BCUT2D eigenvalue weighted by Crippen LogP contribution is 2.23. The summed E-state index contributed by atoms with van der Waals surface area (Å²) in [6, 6.07) is 19.5. The fourth-order valence-electron chi connectivity index (χ4n) is 2.44. The van der Waals surface area contributed by atoms with Gasteiger partial charge >= 0.3 is 0 Å². The molecule has 3 rings (SSSR count). The van der Waals surface area contributed by atoms with E-state index in [2.05, 4.69) is 73.5 Å². The van der Waals surface area contributed by atoms with E-state index in [0.29, 0.717) is 6.04 Å². The number of fused-ring (bicyclic) bond motifs is 1. The van der Waals surface area contributed by atoms with Gasteiger partial charge in [0.05, 0.1) is 15.2 Å². The minimum atomic E-state index is 0.478. The summed E-state index contributed by atoms with van der Waals surface area (Å²) in [4.78, 5) is 7.12. The molecule has 1 atom stereocenters. The van der Waals surface area contributed by atoms with E-state index in [1.165, 1.54) is 15.3 Å². The number of aromatic nitrogens is 1. The number of hydrogen-bond acceptors (Lipinski definition) is 3. The Labute approximate surface area is 130 Å². The number of rotatable bonds is 5. The van der Waals surface area contributed by atoms with Gasteiger partial charge in [-0.2, -0.15) is 0 Å². The van der Waals surface area contributed by atoms with Crippen LogP contribution >= 0.6 is 11.3 Å². The molecule has 2 nitrogen and oxygen atoms in total. The van der Waals surface area contributed by atoms with Gasteiger partial charge in [0, 0.05) is 19.0 Å². The minimum Gasteiger partial charge on any atom is -0.299 e. The number of nitrogens with zero attached hydrogens (tertiary/aromatic N) is 2. The summed E-state index contributed by atoms with van der Waals surface area (Å²) in [5.41, 5.74) is 2.48. The lowest BCUT2D eigenvalue weighted by molar-refractivity contribution is 0.248. The van der Waals surface area contributed by atoms with Crippen molar-refractivity contribution in [2.45, 2.75) is 25.9 Å². The molecular formula is C18H20N2S. The van der Waals surface area contributed by atoms with Crippen LogP contribution in [0.15, 0.2) is 54.6 Å². The lowest BCUT2D eigenvalue weighted by Gasteiger charge is -2.24. The second-order valence-electron chi connectivity index (χ2n) is 5.53. The van der Waals surface area contributed by atoms with Crippen molar-refractivity contribution in [2.75, 3.05) is 7.05 Å². The first-order chi connectivity index (χ1) is 10.2. The maximum atomic E-state index is 4.73. The van der Waals surface area contributed by atoms with Crippen LogP contribution in [0.1, 0.15) is 17.5 Å². The molecule has 0 amide bonds. The maximum absolute atomic E-state index is 4.73. The number of para-hydroxylation sites is 1. The summed E-state index contributed by atoms with van der Waals surface area (Å²) >= 11 is 1.81. The average molecular weight is 296 g/mol. The Morgan fingerprint density at radius 3 is 2.52 bits per heavy atom. The number of benzene rings is 2. The summed E-state index contributed by atoms with van der Waals surface area (Å²) in [7, 11) is 2.19. The maximum Gasteiger partial charge on any atom is 0.0954 e. The number of thiazole rings is 1. The lowest BCUT2D eigenvalue weighted by atomic mass is 10.1. The molecule has 108 valence electrons. The van der Waals surface area contributed by atoms with E-state index in [-0.39, 0.29) is 0 Å². The third-order valence-corrected chi connectivity index (χ3v) is 4.89. The van der Waals surface area contributed by atoms with Crippen molar-refractivity contribution in [3.05, 3.63) is 65.2 Å². The van der Waals surface area contributed by atoms with Gasteiger partial charge in [-0.25, -0.2) is 4.98 Å². The van der Waals surface area contributed by atoms with E-state index < -0.39 is 0 Å². The van der Waals surface area contributed by atoms with Crippen LogP contribution in [0, 0.1) is 0 Å². The molecule has 0 N–H and O–H groups in total. The molecule has 21 heavy (non-hydrogen) atoms. The number of likely N-dealkylation sites (N-methyl/N-ethyl adjacent to an activating group) is 1. The van der Waals surface area contributed by atoms with E-state index >= 15 is 0 Å². The van der Waals surface area contributed by atoms with Gasteiger partial charge in [0.1, 0.15) is 0 Å². The Bertz CT molecular complexity index is 672. The molecule has 1 unspecified atom stereocenters. The minimum absolute atomic E-state index is 0.478. The molecule has 3 aromatic rings. The van der Waals surface area contributed by atoms with Crippen LogP contribution in [0.2, 0.25) is 0 Å². The molecule has 0 aliphatic carbocycles. The van der Waals surface area contributed by atoms with Crippen molar-refractivity contribution in [1.29, 1.82) is 0 Å². The molecule has 0 spiro atoms. The summed E-state index contributed by atoms with van der Waals surface area (Å²) in [5.74, 6) is 0. The second kappa shape index (κ2) is 6.37. The van der Waals surface area contributed by atoms with Crippen molar-refractivity contribution in [3.8, 4) is 0 Å². The molecule has 0 saturated heterocycles. The Kier molecular flexibility index (Phi) is 4.32. The van der Waals surface area contributed by atoms with Gasteiger partial charge in [-0.3, -0.25) is 4.90 Å². The fourth-order valence-corrected chi connectivity index (χ4v) is 3.53. The molecule has 0 aliphatic rings.